The van der Waals surface area contributed by atoms with E-state index in [2.05, 4.69) is 41.5 Å². The Kier molecular flexibility index (Phi) is 51.0. The van der Waals surface area contributed by atoms with Crippen LogP contribution in [0.5, 0.6) is 0 Å². The third-order valence-corrected chi connectivity index (χ3v) is 13.9. The topological polar surface area (TPSA) is 78.9 Å². The lowest BCUT2D eigenvalue weighted by Crippen LogP contribution is -2.30. The molecule has 0 aromatic heterocycles. The smallest absolute Gasteiger partial charge is 0.306 e. The van der Waals surface area contributed by atoms with Crippen LogP contribution >= 0.6 is 0 Å². The van der Waals surface area contributed by atoms with E-state index < -0.39 is 6.10 Å². The van der Waals surface area contributed by atoms with Gasteiger partial charge in [-0.1, -0.05) is 298 Å². The van der Waals surface area contributed by atoms with E-state index in [0.29, 0.717) is 19.3 Å². The molecule has 0 aromatic rings. The maximum absolute atomic E-state index is 12.9. The first kappa shape index (κ1) is 65.4. The molecular weight excluding hydrogens is 829 g/mol. The molecule has 0 heterocycles. The summed E-state index contributed by atoms with van der Waals surface area (Å²) in [6.45, 7) is 13.8. The molecule has 398 valence electrons. The summed E-state index contributed by atoms with van der Waals surface area (Å²) in [5, 5.41) is 0. The van der Waals surface area contributed by atoms with Crippen molar-refractivity contribution in [2.45, 2.75) is 343 Å². The number of hydrogen-bond acceptors (Lipinski definition) is 6. The molecule has 1 atom stereocenters. The molecule has 0 saturated carbocycles. The van der Waals surface area contributed by atoms with Crippen molar-refractivity contribution in [1.29, 1.82) is 0 Å². The van der Waals surface area contributed by atoms with Crippen LogP contribution in [0.4, 0.5) is 0 Å². The second-order valence-corrected chi connectivity index (χ2v) is 22.4. The van der Waals surface area contributed by atoms with Gasteiger partial charge in [0.15, 0.2) is 6.10 Å². The first-order valence-electron chi connectivity index (χ1n) is 30.1. The molecule has 0 fully saturated rings. The van der Waals surface area contributed by atoms with Crippen LogP contribution in [0.2, 0.25) is 0 Å². The Morgan fingerprint density at radius 1 is 0.254 bits per heavy atom. The number of hydrogen-bond donors (Lipinski definition) is 0. The van der Waals surface area contributed by atoms with Crippen LogP contribution < -0.4 is 0 Å². The van der Waals surface area contributed by atoms with E-state index in [1.54, 1.807) is 0 Å². The molecule has 0 rings (SSSR count). The highest BCUT2D eigenvalue weighted by Gasteiger charge is 2.19. The molecule has 0 bridgehead atoms. The summed E-state index contributed by atoms with van der Waals surface area (Å²) in [4.78, 5) is 38.2. The molecule has 0 radical (unpaired) electrons. The second kappa shape index (κ2) is 52.2. The largest absolute Gasteiger partial charge is 0.462 e. The van der Waals surface area contributed by atoms with E-state index in [9.17, 15) is 14.4 Å². The van der Waals surface area contributed by atoms with Crippen LogP contribution in [0.3, 0.4) is 0 Å². The molecule has 6 heteroatoms. The summed E-state index contributed by atoms with van der Waals surface area (Å²) < 4.78 is 16.9. The normalized spacial score (nSPS) is 12.1. The zero-order valence-corrected chi connectivity index (χ0v) is 46.2. The minimum Gasteiger partial charge on any atom is -0.462 e. The van der Waals surface area contributed by atoms with E-state index in [1.807, 2.05) is 0 Å². The second-order valence-electron chi connectivity index (χ2n) is 22.4. The van der Waals surface area contributed by atoms with Gasteiger partial charge in [-0.2, -0.15) is 0 Å². The molecule has 0 aliphatic heterocycles. The maximum atomic E-state index is 12.9. The van der Waals surface area contributed by atoms with Crippen molar-refractivity contribution in [2.24, 2.45) is 17.8 Å². The molecule has 0 spiro atoms. The van der Waals surface area contributed by atoms with Crippen molar-refractivity contribution in [3.8, 4) is 0 Å². The molecule has 0 aliphatic carbocycles. The highest BCUT2D eigenvalue weighted by Crippen LogP contribution is 2.19. The van der Waals surface area contributed by atoms with Gasteiger partial charge in [0, 0.05) is 19.3 Å². The average molecular weight is 948 g/mol. The Bertz CT molecular complexity index is 1040. The van der Waals surface area contributed by atoms with Gasteiger partial charge in [0.2, 0.25) is 0 Å². The minimum atomic E-state index is -0.764. The molecule has 6 nitrogen and oxygen atoms in total. The maximum Gasteiger partial charge on any atom is 0.306 e. The summed E-state index contributed by atoms with van der Waals surface area (Å²) in [7, 11) is 0. The van der Waals surface area contributed by atoms with Crippen molar-refractivity contribution in [1.82, 2.24) is 0 Å². The lowest BCUT2D eigenvalue weighted by Gasteiger charge is -2.18. The summed E-state index contributed by atoms with van der Waals surface area (Å²) in [5.41, 5.74) is 0. The third kappa shape index (κ3) is 55.2. The molecule has 0 unspecified atom stereocenters. The third-order valence-electron chi connectivity index (χ3n) is 13.9. The first-order valence-corrected chi connectivity index (χ1v) is 30.1. The van der Waals surface area contributed by atoms with Gasteiger partial charge in [-0.25, -0.2) is 0 Å². The van der Waals surface area contributed by atoms with Gasteiger partial charge >= 0.3 is 17.9 Å². The Labute approximate surface area is 418 Å². The van der Waals surface area contributed by atoms with Crippen molar-refractivity contribution >= 4 is 17.9 Å². The number of esters is 3. The number of carbonyl (C=O) groups is 3. The monoisotopic (exact) mass is 947 g/mol. The molecule has 67 heavy (non-hydrogen) atoms. The van der Waals surface area contributed by atoms with Crippen molar-refractivity contribution < 1.29 is 28.6 Å². The predicted molar refractivity (Wildman–Crippen MR) is 289 cm³/mol. The van der Waals surface area contributed by atoms with Crippen LogP contribution in [-0.2, 0) is 28.6 Å². The first-order chi connectivity index (χ1) is 32.6. The van der Waals surface area contributed by atoms with Gasteiger partial charge in [-0.3, -0.25) is 14.4 Å². The van der Waals surface area contributed by atoms with E-state index in [4.69, 9.17) is 14.2 Å². The quantitative estimate of drug-likeness (QED) is 0.0343. The highest BCUT2D eigenvalue weighted by molar-refractivity contribution is 5.71. The van der Waals surface area contributed by atoms with Crippen LogP contribution in [0.15, 0.2) is 0 Å². The highest BCUT2D eigenvalue weighted by atomic mass is 16.6. The van der Waals surface area contributed by atoms with E-state index >= 15 is 0 Å². The number of ether oxygens (including phenoxy) is 3. The minimum absolute atomic E-state index is 0.0631. The summed E-state index contributed by atoms with van der Waals surface area (Å²) in [5.74, 6) is 1.68. The lowest BCUT2D eigenvalue weighted by atomic mass is 10.0. The fraction of sp³-hybridized carbons (Fsp3) is 0.951. The van der Waals surface area contributed by atoms with E-state index in [-0.39, 0.29) is 31.1 Å². The summed E-state index contributed by atoms with van der Waals surface area (Å²) >= 11 is 0. The van der Waals surface area contributed by atoms with Crippen LogP contribution in [0.25, 0.3) is 0 Å². The van der Waals surface area contributed by atoms with Crippen LogP contribution in [-0.4, -0.2) is 37.2 Å². The fourth-order valence-electron chi connectivity index (χ4n) is 9.35. The molecule has 0 aromatic carbocycles. The molecule has 0 amide bonds. The van der Waals surface area contributed by atoms with Gasteiger partial charge in [0.05, 0.1) is 0 Å². The van der Waals surface area contributed by atoms with Crippen LogP contribution in [0.1, 0.15) is 337 Å². The number of rotatable bonds is 54. The Morgan fingerprint density at radius 2 is 0.433 bits per heavy atom. The average Bonchev–Trinajstić information content (AvgIpc) is 3.29. The molecular formula is C61H118O6. The molecule has 0 N–H and O–H groups in total. The van der Waals surface area contributed by atoms with Gasteiger partial charge in [-0.05, 0) is 37.0 Å². The van der Waals surface area contributed by atoms with Gasteiger partial charge < -0.3 is 14.2 Å². The van der Waals surface area contributed by atoms with Gasteiger partial charge in [0.25, 0.3) is 0 Å². The van der Waals surface area contributed by atoms with Crippen molar-refractivity contribution in [2.75, 3.05) is 13.2 Å². The fourth-order valence-corrected chi connectivity index (χ4v) is 9.35. The molecule has 0 saturated heterocycles. The van der Waals surface area contributed by atoms with Crippen LogP contribution in [0, 0.1) is 17.8 Å². The molecule has 0 aliphatic rings. The lowest BCUT2D eigenvalue weighted by molar-refractivity contribution is -0.167. The Morgan fingerprint density at radius 3 is 0.642 bits per heavy atom. The van der Waals surface area contributed by atoms with Gasteiger partial charge in [-0.15, -0.1) is 0 Å². The van der Waals surface area contributed by atoms with E-state index in [0.717, 1.165) is 75.5 Å². The zero-order valence-electron chi connectivity index (χ0n) is 46.2. The van der Waals surface area contributed by atoms with Gasteiger partial charge in [0.1, 0.15) is 13.2 Å². The van der Waals surface area contributed by atoms with E-state index in [1.165, 1.54) is 218 Å². The number of carbonyl (C=O) groups excluding carboxylic acids is 3. The number of unbranched alkanes of at least 4 members (excludes halogenated alkanes) is 37. The standard InChI is InChI=1S/C61H118O6/c1-55(2)47-41-35-29-23-17-11-7-8-14-20-26-32-38-44-50-59(62)65-53-58(67-61(64)52-46-40-34-28-22-16-10-13-19-25-31-37-43-49-57(5)6)54-66-60(63)51-45-39-33-27-21-15-9-12-18-24-30-36-42-48-56(3)4/h55-58H,7-54H2,1-6H3/t58-/m0/s1. The SMILES string of the molecule is CC(C)CCCCCCCCCCCCCCCCC(=O)OC[C@@H](COC(=O)CCCCCCCCCCCCCCCC(C)C)OC(=O)CCCCCCCCCCCCCCCC(C)C. The predicted octanol–water partition coefficient (Wildman–Crippen LogP) is 19.9. The Balaban J connectivity index is 4.30. The zero-order chi connectivity index (χ0) is 49.1. The summed E-state index contributed by atoms with van der Waals surface area (Å²) in [6.07, 6.45) is 55.2. The van der Waals surface area contributed by atoms with Crippen molar-refractivity contribution in [3.63, 3.8) is 0 Å². The summed E-state index contributed by atoms with van der Waals surface area (Å²) in [6, 6.07) is 0. The van der Waals surface area contributed by atoms with Crippen molar-refractivity contribution in [3.05, 3.63) is 0 Å². The Hall–Kier alpha value is -1.59.